The minimum absolute atomic E-state index is 0.127. The van der Waals surface area contributed by atoms with Crippen LogP contribution in [0.4, 0.5) is 5.69 Å². The predicted octanol–water partition coefficient (Wildman–Crippen LogP) is 3.88. The van der Waals surface area contributed by atoms with Crippen LogP contribution in [0.15, 0.2) is 64.8 Å². The number of hydrogen-bond acceptors (Lipinski definition) is 4. The summed E-state index contributed by atoms with van der Waals surface area (Å²) < 4.78 is 0. The Labute approximate surface area is 154 Å². The van der Waals surface area contributed by atoms with Crippen molar-refractivity contribution in [2.45, 2.75) is 12.1 Å². The van der Waals surface area contributed by atoms with Crippen LogP contribution in [0.3, 0.4) is 0 Å². The number of thiocarbonyl (C=S) groups is 1. The van der Waals surface area contributed by atoms with Crippen molar-refractivity contribution in [3.8, 4) is 0 Å². The Morgan fingerprint density at radius 3 is 2.72 bits per heavy atom. The average molecular weight is 369 g/mol. The number of Topliss-reactive ketones (excluding diaryl/α,β-unsaturated/α-hetero) is 1. The van der Waals surface area contributed by atoms with E-state index in [2.05, 4.69) is 20.9 Å². The molecule has 0 radical (unpaired) electrons. The van der Waals surface area contributed by atoms with Gasteiger partial charge in [-0.15, -0.1) is 0 Å². The molecule has 2 aromatic rings. The first-order valence-corrected chi connectivity index (χ1v) is 8.50. The maximum atomic E-state index is 12.9. The topological polar surface area (TPSA) is 65.8 Å². The molecule has 0 saturated heterocycles. The van der Waals surface area contributed by atoms with Gasteiger partial charge in [0.15, 0.2) is 16.9 Å². The lowest BCUT2D eigenvalue weighted by Crippen LogP contribution is -2.52. The van der Waals surface area contributed by atoms with Crippen molar-refractivity contribution in [2.24, 2.45) is 10.2 Å². The zero-order valence-electron chi connectivity index (χ0n) is 12.9. The second kappa shape index (κ2) is 6.38. The van der Waals surface area contributed by atoms with Gasteiger partial charge in [-0.05, 0) is 42.1 Å². The van der Waals surface area contributed by atoms with Crippen LogP contribution in [0.2, 0.25) is 5.02 Å². The van der Waals surface area contributed by atoms with E-state index in [4.69, 9.17) is 23.8 Å². The third kappa shape index (κ3) is 3.06. The minimum atomic E-state index is -0.690. The van der Waals surface area contributed by atoms with Gasteiger partial charge in [0.05, 0.1) is 11.7 Å². The number of nitrogens with zero attached hydrogens (tertiary/aromatic N) is 2. The average Bonchev–Trinajstić information content (AvgIpc) is 2.63. The van der Waals surface area contributed by atoms with E-state index in [-0.39, 0.29) is 11.8 Å². The van der Waals surface area contributed by atoms with Crippen LogP contribution in [-0.2, 0) is 0 Å². The summed E-state index contributed by atoms with van der Waals surface area (Å²) in [5.41, 5.74) is 2.84. The van der Waals surface area contributed by atoms with Crippen LogP contribution >= 0.6 is 23.8 Å². The monoisotopic (exact) mass is 368 g/mol. The molecule has 4 rings (SSSR count). The largest absolute Gasteiger partial charge is 0.353 e. The molecule has 0 aliphatic carbocycles. The van der Waals surface area contributed by atoms with E-state index < -0.39 is 6.04 Å². The fourth-order valence-electron chi connectivity index (χ4n) is 2.89. The number of hydrogen-bond donors (Lipinski definition) is 2. The van der Waals surface area contributed by atoms with Crippen LogP contribution in [0.25, 0.3) is 5.70 Å². The van der Waals surface area contributed by atoms with Crippen LogP contribution < -0.4 is 10.6 Å². The second-order valence-electron chi connectivity index (χ2n) is 5.76. The van der Waals surface area contributed by atoms with Gasteiger partial charge in [0.1, 0.15) is 0 Å². The Hall–Kier alpha value is -2.57. The fraction of sp³-hybridized carbons (Fsp3) is 0.111. The molecule has 0 bridgehead atoms. The van der Waals surface area contributed by atoms with E-state index in [1.54, 1.807) is 18.2 Å². The Morgan fingerprint density at radius 1 is 1.12 bits per heavy atom. The Morgan fingerprint density at radius 2 is 1.92 bits per heavy atom. The maximum absolute atomic E-state index is 12.9. The summed E-state index contributed by atoms with van der Waals surface area (Å²) in [5.74, 6) is -0.127. The van der Waals surface area contributed by atoms with Gasteiger partial charge in [0, 0.05) is 16.3 Å². The van der Waals surface area contributed by atoms with Gasteiger partial charge in [-0.25, -0.2) is 0 Å². The summed E-state index contributed by atoms with van der Waals surface area (Å²) in [7, 11) is 0. The number of azo groups is 1. The number of ketones is 1. The lowest BCUT2D eigenvalue weighted by molar-refractivity contribution is 0.0947. The Bertz CT molecular complexity index is 926. The summed E-state index contributed by atoms with van der Waals surface area (Å²) in [5, 5.41) is 15.5. The van der Waals surface area contributed by atoms with Gasteiger partial charge in [-0.3, -0.25) is 4.79 Å². The SMILES string of the molecule is O=C1c2cc(Cl)ccc2N=NC1C1C=C(c2ccccc2)NC(=S)N1. The first-order chi connectivity index (χ1) is 12.1. The summed E-state index contributed by atoms with van der Waals surface area (Å²) in [6.07, 6.45) is 1.92. The molecular formula is C18H13ClN4OS. The summed E-state index contributed by atoms with van der Waals surface area (Å²) >= 11 is 11.3. The van der Waals surface area contributed by atoms with Crippen LogP contribution in [0.1, 0.15) is 15.9 Å². The molecule has 25 heavy (non-hydrogen) atoms. The van der Waals surface area contributed by atoms with E-state index >= 15 is 0 Å². The highest BCUT2D eigenvalue weighted by Gasteiger charge is 2.34. The van der Waals surface area contributed by atoms with E-state index in [9.17, 15) is 4.79 Å². The molecule has 0 amide bonds. The number of fused-ring (bicyclic) bond motifs is 1. The molecule has 2 unspecified atom stereocenters. The smallest absolute Gasteiger partial charge is 0.193 e. The molecule has 124 valence electrons. The van der Waals surface area contributed by atoms with Crippen LogP contribution in [0, 0.1) is 0 Å². The minimum Gasteiger partial charge on any atom is -0.353 e. The molecule has 0 saturated carbocycles. The molecule has 7 heteroatoms. The van der Waals surface area contributed by atoms with Crippen molar-refractivity contribution < 1.29 is 4.79 Å². The van der Waals surface area contributed by atoms with Crippen molar-refractivity contribution in [2.75, 3.05) is 0 Å². The zero-order valence-corrected chi connectivity index (χ0v) is 14.5. The van der Waals surface area contributed by atoms with Gasteiger partial charge in [0.25, 0.3) is 0 Å². The lowest BCUT2D eigenvalue weighted by Gasteiger charge is -2.30. The molecule has 2 heterocycles. The van der Waals surface area contributed by atoms with E-state index in [1.165, 1.54) is 0 Å². The summed E-state index contributed by atoms with van der Waals surface area (Å²) in [6.45, 7) is 0. The number of benzene rings is 2. The first kappa shape index (κ1) is 15.9. The number of carbonyl (C=O) groups excluding carboxylic acids is 1. The molecule has 5 nitrogen and oxygen atoms in total. The van der Waals surface area contributed by atoms with Gasteiger partial charge in [-0.1, -0.05) is 41.9 Å². The highest BCUT2D eigenvalue weighted by molar-refractivity contribution is 7.80. The molecule has 2 aliphatic rings. The summed E-state index contributed by atoms with van der Waals surface area (Å²) in [4.78, 5) is 12.9. The fourth-order valence-corrected chi connectivity index (χ4v) is 3.31. The van der Waals surface area contributed by atoms with Crippen LogP contribution in [0.5, 0.6) is 0 Å². The van der Waals surface area contributed by atoms with Crippen molar-refractivity contribution in [3.05, 3.63) is 70.8 Å². The normalized spacial score (nSPS) is 21.9. The second-order valence-corrected chi connectivity index (χ2v) is 6.60. The number of halogens is 1. The standard InChI is InChI=1S/C18H13ClN4OS/c19-11-6-7-13-12(8-11)17(24)16(23-22-13)15-9-14(20-18(25)21-15)10-4-2-1-3-5-10/h1-9,15-16H,(H2,20,21,25). The van der Waals surface area contributed by atoms with Crippen molar-refractivity contribution in [3.63, 3.8) is 0 Å². The maximum Gasteiger partial charge on any atom is 0.193 e. The van der Waals surface area contributed by atoms with Gasteiger partial charge < -0.3 is 10.6 Å². The molecule has 0 spiro atoms. The molecule has 0 fully saturated rings. The van der Waals surface area contributed by atoms with Crippen LogP contribution in [-0.4, -0.2) is 23.0 Å². The third-order valence-corrected chi connectivity index (χ3v) is 4.55. The molecule has 0 aromatic heterocycles. The quantitative estimate of drug-likeness (QED) is 0.789. The third-order valence-electron chi connectivity index (χ3n) is 4.10. The summed E-state index contributed by atoms with van der Waals surface area (Å²) in [6, 6.07) is 13.7. The highest BCUT2D eigenvalue weighted by Crippen LogP contribution is 2.31. The highest BCUT2D eigenvalue weighted by atomic mass is 35.5. The van der Waals surface area contributed by atoms with Crippen molar-refractivity contribution in [1.82, 2.24) is 10.6 Å². The van der Waals surface area contributed by atoms with Gasteiger partial charge in [-0.2, -0.15) is 10.2 Å². The zero-order chi connectivity index (χ0) is 17.4. The molecule has 2 aromatic carbocycles. The molecule has 2 N–H and O–H groups in total. The molecular weight excluding hydrogens is 356 g/mol. The first-order valence-electron chi connectivity index (χ1n) is 7.71. The van der Waals surface area contributed by atoms with Gasteiger partial charge >= 0.3 is 0 Å². The number of carbonyl (C=O) groups is 1. The number of nitrogens with one attached hydrogen (secondary N) is 2. The van der Waals surface area contributed by atoms with Gasteiger partial charge in [0.2, 0.25) is 0 Å². The molecule has 2 aliphatic heterocycles. The predicted molar refractivity (Wildman–Crippen MR) is 101 cm³/mol. The van der Waals surface area contributed by atoms with Crippen molar-refractivity contribution >= 4 is 46.1 Å². The van der Waals surface area contributed by atoms with E-state index in [0.29, 0.717) is 21.4 Å². The van der Waals surface area contributed by atoms with E-state index in [0.717, 1.165) is 11.3 Å². The lowest BCUT2D eigenvalue weighted by atomic mass is 9.94. The van der Waals surface area contributed by atoms with Crippen molar-refractivity contribution in [1.29, 1.82) is 0 Å². The Kier molecular flexibility index (Phi) is 4.07. The molecule has 2 atom stereocenters. The van der Waals surface area contributed by atoms with E-state index in [1.807, 2.05) is 36.4 Å². The Balaban J connectivity index is 1.70. The number of rotatable bonds is 2.